The van der Waals surface area contributed by atoms with Crippen LogP contribution in [0.15, 0.2) is 34.3 Å². The van der Waals surface area contributed by atoms with Crippen LogP contribution in [-0.4, -0.2) is 61.4 Å². The van der Waals surface area contributed by atoms with Crippen LogP contribution >= 0.6 is 7.52 Å². The average Bonchev–Trinajstić information content (AvgIpc) is 3.47. The molecule has 9 nitrogen and oxygen atoms in total. The predicted molar refractivity (Wildman–Crippen MR) is 165 cm³/mol. The van der Waals surface area contributed by atoms with Gasteiger partial charge in [-0.3, -0.25) is 9.36 Å². The molecule has 0 aromatic heterocycles. The van der Waals surface area contributed by atoms with Gasteiger partial charge in [0, 0.05) is 18.6 Å². The van der Waals surface area contributed by atoms with Gasteiger partial charge in [0.1, 0.15) is 21.2 Å². The van der Waals surface area contributed by atoms with Crippen LogP contribution in [0.3, 0.4) is 0 Å². The van der Waals surface area contributed by atoms with Gasteiger partial charge in [0.25, 0.3) is 5.91 Å². The van der Waals surface area contributed by atoms with Crippen molar-refractivity contribution in [2.75, 3.05) is 30.5 Å². The molecule has 0 spiro atoms. The van der Waals surface area contributed by atoms with Gasteiger partial charge in [-0.25, -0.2) is 8.42 Å². The highest BCUT2D eigenvalue weighted by Crippen LogP contribution is 2.53. The lowest BCUT2D eigenvalue weighted by Gasteiger charge is -2.32. The van der Waals surface area contributed by atoms with E-state index in [-0.39, 0.29) is 46.8 Å². The van der Waals surface area contributed by atoms with E-state index in [1.807, 2.05) is 18.2 Å². The highest BCUT2D eigenvalue weighted by molar-refractivity contribution is 7.90. The van der Waals surface area contributed by atoms with E-state index in [1.54, 1.807) is 11.8 Å². The summed E-state index contributed by atoms with van der Waals surface area (Å²) in [7, 11) is -6.71. The Morgan fingerprint density at radius 3 is 2.51 bits per heavy atom. The Hall–Kier alpha value is -2.16. The number of aryl methyl sites for hydroxylation is 1. The van der Waals surface area contributed by atoms with Gasteiger partial charge in [-0.05, 0) is 74.5 Å². The number of benzene rings is 1. The normalized spacial score (nSPS) is 23.6. The van der Waals surface area contributed by atoms with Crippen molar-refractivity contribution in [3.05, 3.63) is 35.1 Å². The Balaban J connectivity index is 1.61. The molecule has 0 radical (unpaired) electrons. The maximum atomic E-state index is 14.2. The number of carbonyl (C=O) groups is 1. The summed E-state index contributed by atoms with van der Waals surface area (Å²) in [4.78, 5) is 15.7. The zero-order chi connectivity index (χ0) is 30.0. The Kier molecular flexibility index (Phi) is 9.76. The standard InChI is InChI=1S/C30H46N3O6PS/c1-6-39-40(36)24-20-21(12-8-7-11-19-41(5,37)38)15-16-23(24)31-28(32-40)25-27(34)26(22-13-9-10-14-22)33(29(25)35)18-17-30(2,3)4/h15-16,20,22,26,34H,6-14,17-19H2,1-5H3,(H,31,32,36)/t26-,40?/m0/s1. The third-order valence-corrected chi connectivity index (χ3v) is 11.2. The fraction of sp³-hybridized carbons (Fsp3) is 0.667. The number of rotatable bonds is 12. The Morgan fingerprint density at radius 1 is 1.17 bits per heavy atom. The van der Waals surface area contributed by atoms with Gasteiger partial charge in [0.2, 0.25) is 0 Å². The molecule has 11 heteroatoms. The Morgan fingerprint density at radius 2 is 1.88 bits per heavy atom. The first-order valence-electron chi connectivity index (χ1n) is 14.9. The first-order chi connectivity index (χ1) is 19.2. The number of sulfone groups is 1. The molecule has 1 fully saturated rings. The van der Waals surface area contributed by atoms with Crippen LogP contribution in [0.2, 0.25) is 0 Å². The predicted octanol–water partition coefficient (Wildman–Crippen LogP) is 5.77. The highest BCUT2D eigenvalue weighted by atomic mass is 32.2. The zero-order valence-electron chi connectivity index (χ0n) is 25.1. The molecule has 1 unspecified atom stereocenters. The number of nitrogens with zero attached hydrogens (tertiary/aromatic N) is 2. The summed E-state index contributed by atoms with van der Waals surface area (Å²) in [6, 6.07) is 5.19. The second-order valence-electron chi connectivity index (χ2n) is 12.9. The number of nitrogens with one attached hydrogen (secondary N) is 1. The van der Waals surface area contributed by atoms with Gasteiger partial charge in [0.05, 0.1) is 23.6 Å². The SMILES string of the molecule is CCOP1(=O)N=C(C2=C(O)[C@H](C3CCCC3)N(CCC(C)(C)C)C2=O)Nc2ccc(CCCCCS(C)(=O)=O)cc21. The number of fused-ring (bicyclic) bond motifs is 1. The van der Waals surface area contributed by atoms with Gasteiger partial charge in [0.15, 0.2) is 5.84 Å². The molecule has 2 heterocycles. The summed E-state index contributed by atoms with van der Waals surface area (Å²) in [5.74, 6) is 0.193. The molecule has 3 aliphatic rings. The van der Waals surface area contributed by atoms with Crippen LogP contribution in [0.4, 0.5) is 5.69 Å². The van der Waals surface area contributed by atoms with E-state index in [1.165, 1.54) is 6.26 Å². The largest absolute Gasteiger partial charge is 0.509 e. The van der Waals surface area contributed by atoms with E-state index >= 15 is 0 Å². The molecule has 1 aliphatic carbocycles. The molecule has 1 aromatic rings. The third-order valence-electron chi connectivity index (χ3n) is 8.17. The van der Waals surface area contributed by atoms with Crippen LogP contribution < -0.4 is 10.6 Å². The number of amidine groups is 1. The summed E-state index contributed by atoms with van der Waals surface area (Å²) in [6.07, 6.45) is 9.00. The molecular weight excluding hydrogens is 561 g/mol. The second-order valence-corrected chi connectivity index (χ2v) is 17.1. The fourth-order valence-electron chi connectivity index (χ4n) is 6.01. The van der Waals surface area contributed by atoms with E-state index in [2.05, 4.69) is 30.9 Å². The van der Waals surface area contributed by atoms with Crippen molar-refractivity contribution in [1.82, 2.24) is 4.90 Å². The first kappa shape index (κ1) is 31.8. The summed E-state index contributed by atoms with van der Waals surface area (Å²) < 4.78 is 47.3. The molecule has 1 amide bonds. The Bertz CT molecular complexity index is 1360. The van der Waals surface area contributed by atoms with Crippen molar-refractivity contribution in [1.29, 1.82) is 0 Å². The number of unbranched alkanes of at least 4 members (excludes halogenated alkanes) is 2. The number of hydrogen-bond acceptors (Lipinski definition) is 7. The van der Waals surface area contributed by atoms with E-state index < -0.39 is 23.4 Å². The van der Waals surface area contributed by atoms with Crippen molar-refractivity contribution < 1.29 is 27.4 Å². The van der Waals surface area contributed by atoms with Crippen LogP contribution in [0, 0.1) is 11.3 Å². The first-order valence-corrected chi connectivity index (χ1v) is 18.5. The average molecular weight is 608 g/mol. The summed E-state index contributed by atoms with van der Waals surface area (Å²) in [5, 5.41) is 15.2. The molecular formula is C30H46N3O6PS. The molecule has 4 rings (SSSR count). The minimum atomic E-state index is -3.74. The number of amides is 1. The van der Waals surface area contributed by atoms with E-state index in [9.17, 15) is 22.9 Å². The minimum Gasteiger partial charge on any atom is -0.509 e. The third kappa shape index (κ3) is 7.63. The molecule has 0 bridgehead atoms. The van der Waals surface area contributed by atoms with E-state index in [4.69, 9.17) is 4.52 Å². The number of hydrogen-bond donors (Lipinski definition) is 2. The van der Waals surface area contributed by atoms with Crippen LogP contribution in [0.5, 0.6) is 0 Å². The lowest BCUT2D eigenvalue weighted by Crippen LogP contribution is -2.42. The molecule has 1 aromatic carbocycles. The van der Waals surface area contributed by atoms with Gasteiger partial charge in [-0.15, -0.1) is 0 Å². The van der Waals surface area contributed by atoms with E-state index in [0.717, 1.165) is 50.5 Å². The molecule has 0 saturated heterocycles. The van der Waals surface area contributed by atoms with Gasteiger partial charge in [-0.1, -0.05) is 46.1 Å². The van der Waals surface area contributed by atoms with Crippen LogP contribution in [-0.2, 0) is 30.1 Å². The van der Waals surface area contributed by atoms with E-state index in [0.29, 0.717) is 30.4 Å². The highest BCUT2D eigenvalue weighted by Gasteiger charge is 2.47. The van der Waals surface area contributed by atoms with Crippen molar-refractivity contribution in [2.24, 2.45) is 16.1 Å². The maximum Gasteiger partial charge on any atom is 0.348 e. The maximum absolute atomic E-state index is 14.2. The number of aliphatic hydroxyl groups is 1. The summed E-state index contributed by atoms with van der Waals surface area (Å²) >= 11 is 0. The molecule has 2 aliphatic heterocycles. The molecule has 41 heavy (non-hydrogen) atoms. The summed E-state index contributed by atoms with van der Waals surface area (Å²) in [5.41, 5.74) is 1.62. The van der Waals surface area contributed by atoms with Gasteiger partial charge < -0.3 is 19.8 Å². The lowest BCUT2D eigenvalue weighted by molar-refractivity contribution is -0.127. The number of anilines is 1. The van der Waals surface area contributed by atoms with Crippen molar-refractivity contribution in [3.63, 3.8) is 0 Å². The quantitative estimate of drug-likeness (QED) is 0.228. The minimum absolute atomic E-state index is 0.0132. The number of carbonyl (C=O) groups excluding carboxylic acids is 1. The molecule has 1 saturated carbocycles. The molecule has 2 atom stereocenters. The molecule has 228 valence electrons. The van der Waals surface area contributed by atoms with Crippen LogP contribution in [0.25, 0.3) is 0 Å². The van der Waals surface area contributed by atoms with Gasteiger partial charge >= 0.3 is 7.52 Å². The van der Waals surface area contributed by atoms with Crippen molar-refractivity contribution in [3.8, 4) is 0 Å². The lowest BCUT2D eigenvalue weighted by atomic mass is 9.91. The second kappa shape index (κ2) is 12.6. The smallest absolute Gasteiger partial charge is 0.348 e. The summed E-state index contributed by atoms with van der Waals surface area (Å²) in [6.45, 7) is 8.86. The van der Waals surface area contributed by atoms with Gasteiger partial charge in [-0.2, -0.15) is 4.76 Å². The zero-order valence-corrected chi connectivity index (χ0v) is 26.8. The van der Waals surface area contributed by atoms with Crippen molar-refractivity contribution >= 4 is 40.1 Å². The van der Waals surface area contributed by atoms with Crippen LogP contribution in [0.1, 0.15) is 84.6 Å². The Labute approximate surface area is 245 Å². The van der Waals surface area contributed by atoms with Crippen molar-refractivity contribution in [2.45, 2.75) is 91.5 Å². The molecule has 2 N–H and O–H groups in total. The fourth-order valence-corrected chi connectivity index (χ4v) is 8.57. The number of aliphatic hydroxyl groups excluding tert-OH is 1. The topological polar surface area (TPSA) is 125 Å². The monoisotopic (exact) mass is 607 g/mol.